The number of hydrogen-bond donors (Lipinski definition) is 1. The molecule has 1 N–H and O–H groups in total. The van der Waals surface area contributed by atoms with Crippen molar-refractivity contribution in [2.75, 3.05) is 25.9 Å². The third kappa shape index (κ3) is 3.62. The van der Waals surface area contributed by atoms with E-state index in [9.17, 15) is 8.42 Å². The van der Waals surface area contributed by atoms with Crippen molar-refractivity contribution in [1.82, 2.24) is 9.62 Å². The lowest BCUT2D eigenvalue weighted by Gasteiger charge is -2.31. The fourth-order valence-electron chi connectivity index (χ4n) is 2.62. The van der Waals surface area contributed by atoms with Crippen LogP contribution in [-0.2, 0) is 16.6 Å². The van der Waals surface area contributed by atoms with Crippen LogP contribution in [0.5, 0.6) is 0 Å². The molecule has 2 rings (SSSR count). The van der Waals surface area contributed by atoms with Crippen molar-refractivity contribution in [2.24, 2.45) is 0 Å². The Morgan fingerprint density at radius 1 is 1.43 bits per heavy atom. The SMILES string of the molecule is CCC1CN(S(=O)(=O)c2cccc(CNC)c2C)CCS1. The summed E-state index contributed by atoms with van der Waals surface area (Å²) >= 11 is 1.88. The van der Waals surface area contributed by atoms with Gasteiger partial charge < -0.3 is 5.32 Å². The molecular formula is C15H24N2O2S2. The van der Waals surface area contributed by atoms with E-state index in [0.717, 1.165) is 23.3 Å². The van der Waals surface area contributed by atoms with Gasteiger partial charge in [0.25, 0.3) is 0 Å². The van der Waals surface area contributed by atoms with Crippen molar-refractivity contribution >= 4 is 21.8 Å². The first-order valence-corrected chi connectivity index (χ1v) is 9.84. The van der Waals surface area contributed by atoms with Gasteiger partial charge in [-0.25, -0.2) is 8.42 Å². The van der Waals surface area contributed by atoms with E-state index in [0.29, 0.717) is 29.8 Å². The maximum atomic E-state index is 12.9. The van der Waals surface area contributed by atoms with Crippen LogP contribution in [0.4, 0.5) is 0 Å². The molecule has 1 unspecified atom stereocenters. The molecule has 1 aromatic rings. The highest BCUT2D eigenvalue weighted by atomic mass is 32.2. The molecule has 0 aromatic heterocycles. The largest absolute Gasteiger partial charge is 0.316 e. The van der Waals surface area contributed by atoms with Crippen LogP contribution in [0.15, 0.2) is 23.1 Å². The molecule has 1 aliphatic heterocycles. The number of benzene rings is 1. The van der Waals surface area contributed by atoms with Crippen LogP contribution in [0.2, 0.25) is 0 Å². The lowest BCUT2D eigenvalue weighted by molar-refractivity contribution is 0.415. The zero-order chi connectivity index (χ0) is 15.5. The molecule has 1 heterocycles. The van der Waals surface area contributed by atoms with Gasteiger partial charge in [-0.15, -0.1) is 0 Å². The van der Waals surface area contributed by atoms with E-state index >= 15 is 0 Å². The standard InChI is InChI=1S/C15H24N2O2S2/c1-4-14-11-17(8-9-20-14)21(18,19)15-7-5-6-13(10-16-3)12(15)2/h5-7,14,16H,4,8-11H2,1-3H3. The smallest absolute Gasteiger partial charge is 0.243 e. The maximum Gasteiger partial charge on any atom is 0.243 e. The second-order valence-corrected chi connectivity index (χ2v) is 8.65. The summed E-state index contributed by atoms with van der Waals surface area (Å²) in [6, 6.07) is 5.54. The van der Waals surface area contributed by atoms with Gasteiger partial charge in [0, 0.05) is 30.6 Å². The van der Waals surface area contributed by atoms with Crippen molar-refractivity contribution in [3.05, 3.63) is 29.3 Å². The van der Waals surface area contributed by atoms with Crippen LogP contribution in [0.1, 0.15) is 24.5 Å². The summed E-state index contributed by atoms with van der Waals surface area (Å²) in [4.78, 5) is 0.456. The molecule has 1 atom stereocenters. The number of thioether (sulfide) groups is 1. The Morgan fingerprint density at radius 2 is 2.19 bits per heavy atom. The molecule has 0 radical (unpaired) electrons. The van der Waals surface area contributed by atoms with E-state index < -0.39 is 10.0 Å². The van der Waals surface area contributed by atoms with Crippen molar-refractivity contribution in [3.63, 3.8) is 0 Å². The van der Waals surface area contributed by atoms with E-state index in [1.165, 1.54) is 0 Å². The number of nitrogens with zero attached hydrogens (tertiary/aromatic N) is 1. The Hall–Kier alpha value is -0.560. The van der Waals surface area contributed by atoms with Gasteiger partial charge in [-0.05, 0) is 37.6 Å². The Morgan fingerprint density at radius 3 is 2.86 bits per heavy atom. The van der Waals surface area contributed by atoms with Crippen LogP contribution in [0.25, 0.3) is 0 Å². The molecule has 0 bridgehead atoms. The fraction of sp³-hybridized carbons (Fsp3) is 0.600. The fourth-order valence-corrected chi connectivity index (χ4v) is 5.76. The normalized spacial score (nSPS) is 20.6. The van der Waals surface area contributed by atoms with Crippen molar-refractivity contribution in [1.29, 1.82) is 0 Å². The number of hydrogen-bond acceptors (Lipinski definition) is 4. The highest BCUT2D eigenvalue weighted by molar-refractivity contribution is 8.00. The van der Waals surface area contributed by atoms with Crippen LogP contribution in [0, 0.1) is 6.92 Å². The molecule has 0 aliphatic carbocycles. The lowest BCUT2D eigenvalue weighted by atomic mass is 10.1. The molecule has 21 heavy (non-hydrogen) atoms. The first kappa shape index (κ1) is 16.8. The number of rotatable bonds is 5. The van der Waals surface area contributed by atoms with Gasteiger partial charge in [-0.1, -0.05) is 19.1 Å². The van der Waals surface area contributed by atoms with E-state index in [-0.39, 0.29) is 0 Å². The lowest BCUT2D eigenvalue weighted by Crippen LogP contribution is -2.41. The van der Waals surface area contributed by atoms with Crippen LogP contribution >= 0.6 is 11.8 Å². The second-order valence-electron chi connectivity index (χ2n) is 5.33. The molecule has 0 amide bonds. The third-order valence-electron chi connectivity index (χ3n) is 3.94. The quantitative estimate of drug-likeness (QED) is 0.900. The summed E-state index contributed by atoms with van der Waals surface area (Å²) in [5.41, 5.74) is 1.90. The number of sulfonamides is 1. The van der Waals surface area contributed by atoms with Crippen molar-refractivity contribution < 1.29 is 8.42 Å². The minimum atomic E-state index is -3.38. The molecular weight excluding hydrogens is 304 g/mol. The van der Waals surface area contributed by atoms with Crippen LogP contribution < -0.4 is 5.32 Å². The van der Waals surface area contributed by atoms with Gasteiger partial charge in [-0.3, -0.25) is 0 Å². The maximum absolute atomic E-state index is 12.9. The van der Waals surface area contributed by atoms with Gasteiger partial charge in [0.05, 0.1) is 4.90 Å². The van der Waals surface area contributed by atoms with Crippen molar-refractivity contribution in [3.8, 4) is 0 Å². The molecule has 0 saturated carbocycles. The topological polar surface area (TPSA) is 49.4 Å². The Labute approximate surface area is 132 Å². The molecule has 1 aliphatic rings. The van der Waals surface area contributed by atoms with E-state index in [1.54, 1.807) is 10.4 Å². The Balaban J connectivity index is 2.33. The average molecular weight is 329 g/mol. The Kier molecular flexibility index (Phi) is 5.71. The van der Waals surface area contributed by atoms with Gasteiger partial charge in [0.15, 0.2) is 0 Å². The predicted molar refractivity (Wildman–Crippen MR) is 89.2 cm³/mol. The monoisotopic (exact) mass is 328 g/mol. The first-order valence-electron chi connectivity index (χ1n) is 7.35. The molecule has 1 aromatic carbocycles. The number of nitrogens with one attached hydrogen (secondary N) is 1. The summed E-state index contributed by atoms with van der Waals surface area (Å²) in [5, 5.41) is 3.50. The molecule has 6 heteroatoms. The summed E-state index contributed by atoms with van der Waals surface area (Å²) in [6.45, 7) is 5.93. The zero-order valence-corrected chi connectivity index (χ0v) is 14.6. The molecule has 1 fully saturated rings. The second kappa shape index (κ2) is 7.13. The minimum absolute atomic E-state index is 0.411. The van der Waals surface area contributed by atoms with Gasteiger partial charge >= 0.3 is 0 Å². The predicted octanol–water partition coefficient (Wildman–Crippen LogP) is 2.23. The van der Waals surface area contributed by atoms with Gasteiger partial charge in [0.1, 0.15) is 0 Å². The van der Waals surface area contributed by atoms with E-state index in [1.807, 2.05) is 37.9 Å². The summed E-state index contributed by atoms with van der Waals surface area (Å²) in [5.74, 6) is 0.882. The van der Waals surface area contributed by atoms with E-state index in [4.69, 9.17) is 0 Å². The summed E-state index contributed by atoms with van der Waals surface area (Å²) in [7, 11) is -1.51. The van der Waals surface area contributed by atoms with Crippen LogP contribution in [0.3, 0.4) is 0 Å². The third-order valence-corrected chi connectivity index (χ3v) is 7.32. The molecule has 0 spiro atoms. The average Bonchev–Trinajstić information content (AvgIpc) is 2.49. The summed E-state index contributed by atoms with van der Waals surface area (Å²) < 4.78 is 27.5. The van der Waals surface area contributed by atoms with Crippen LogP contribution in [-0.4, -0.2) is 43.9 Å². The molecule has 1 saturated heterocycles. The zero-order valence-electron chi connectivity index (χ0n) is 12.9. The molecule has 4 nitrogen and oxygen atoms in total. The van der Waals surface area contributed by atoms with Gasteiger partial charge in [-0.2, -0.15) is 16.1 Å². The van der Waals surface area contributed by atoms with E-state index in [2.05, 4.69) is 12.2 Å². The highest BCUT2D eigenvalue weighted by Crippen LogP contribution is 2.28. The Bertz CT molecular complexity index is 587. The molecule has 118 valence electrons. The summed E-state index contributed by atoms with van der Waals surface area (Å²) in [6.07, 6.45) is 1.01. The first-order chi connectivity index (χ1) is 10.0. The van der Waals surface area contributed by atoms with Gasteiger partial charge in [0.2, 0.25) is 10.0 Å². The van der Waals surface area contributed by atoms with Crippen molar-refractivity contribution in [2.45, 2.75) is 37.0 Å². The minimum Gasteiger partial charge on any atom is -0.316 e. The highest BCUT2D eigenvalue weighted by Gasteiger charge is 2.31.